The Morgan fingerprint density at radius 1 is 1.31 bits per heavy atom. The molecule has 1 aliphatic rings. The van der Waals surface area contributed by atoms with E-state index in [4.69, 9.17) is 9.47 Å². The molecule has 6 nitrogen and oxygen atoms in total. The summed E-state index contributed by atoms with van der Waals surface area (Å²) in [7, 11) is 5.65. The first kappa shape index (κ1) is 24.8. The fourth-order valence-corrected chi connectivity index (χ4v) is 2.69. The number of likely N-dealkylation sites (N-methyl/N-ethyl adjacent to an activating group) is 1. The molecule has 0 aliphatic carbocycles. The molecular weight excluding hydrogens is 377 g/mol. The van der Waals surface area contributed by atoms with Crippen molar-refractivity contribution < 1.29 is 14.3 Å². The van der Waals surface area contributed by atoms with Gasteiger partial charge in [-0.15, -0.1) is 24.8 Å². The summed E-state index contributed by atoms with van der Waals surface area (Å²) in [6.45, 7) is 3.73. The lowest BCUT2D eigenvalue weighted by atomic mass is 9.99. The van der Waals surface area contributed by atoms with Gasteiger partial charge in [-0.2, -0.15) is 0 Å². The van der Waals surface area contributed by atoms with E-state index in [0.717, 1.165) is 43.8 Å². The zero-order valence-electron chi connectivity index (χ0n) is 15.7. The van der Waals surface area contributed by atoms with E-state index in [2.05, 4.69) is 15.5 Å². The van der Waals surface area contributed by atoms with Crippen LogP contribution in [0.2, 0.25) is 0 Å². The molecule has 2 N–H and O–H groups in total. The third-order valence-electron chi connectivity index (χ3n) is 4.16. The van der Waals surface area contributed by atoms with Gasteiger partial charge in [0.1, 0.15) is 6.61 Å². The topological polar surface area (TPSA) is 62.8 Å². The van der Waals surface area contributed by atoms with Crippen LogP contribution in [0.3, 0.4) is 0 Å². The number of carbonyl (C=O) groups is 1. The summed E-state index contributed by atoms with van der Waals surface area (Å²) in [4.78, 5) is 14.3. The molecule has 150 valence electrons. The number of nitrogens with zero attached hydrogens (tertiary/aromatic N) is 1. The summed E-state index contributed by atoms with van der Waals surface area (Å²) < 4.78 is 11.2. The van der Waals surface area contributed by atoms with Gasteiger partial charge in [0.05, 0.1) is 13.0 Å². The summed E-state index contributed by atoms with van der Waals surface area (Å²) in [6, 6.07) is 5.79. The van der Waals surface area contributed by atoms with Gasteiger partial charge in [0.15, 0.2) is 11.5 Å². The maximum Gasteiger partial charge on any atom is 0.224 e. The molecular formula is C18H31Cl2N3O3. The molecule has 1 heterocycles. The monoisotopic (exact) mass is 407 g/mol. The highest BCUT2D eigenvalue weighted by atomic mass is 35.5. The lowest BCUT2D eigenvalue weighted by Crippen LogP contribution is -2.40. The second kappa shape index (κ2) is 13.0. The van der Waals surface area contributed by atoms with Crippen LogP contribution >= 0.6 is 24.8 Å². The molecule has 0 bridgehead atoms. The molecule has 1 aliphatic heterocycles. The first-order valence-electron chi connectivity index (χ1n) is 8.53. The zero-order valence-corrected chi connectivity index (χ0v) is 17.4. The Balaban J connectivity index is 0.00000312. The van der Waals surface area contributed by atoms with Crippen molar-refractivity contribution in [3.05, 3.63) is 23.8 Å². The summed E-state index contributed by atoms with van der Waals surface area (Å²) >= 11 is 0. The van der Waals surface area contributed by atoms with Crippen LogP contribution in [0.1, 0.15) is 18.4 Å². The number of halogens is 2. The molecule has 1 aromatic rings. The van der Waals surface area contributed by atoms with Crippen molar-refractivity contribution >= 4 is 30.7 Å². The Bertz CT molecular complexity index is 538. The summed E-state index contributed by atoms with van der Waals surface area (Å²) in [6.07, 6.45) is 2.02. The maximum absolute atomic E-state index is 12.2. The molecule has 0 spiro atoms. The van der Waals surface area contributed by atoms with Gasteiger partial charge in [-0.1, -0.05) is 6.07 Å². The minimum atomic E-state index is 0. The van der Waals surface area contributed by atoms with Crippen LogP contribution in [-0.4, -0.2) is 58.3 Å². The number of piperidine rings is 1. The molecule has 8 heteroatoms. The van der Waals surface area contributed by atoms with Crippen LogP contribution in [-0.2, 0) is 11.3 Å². The van der Waals surface area contributed by atoms with E-state index in [1.807, 2.05) is 32.3 Å². The van der Waals surface area contributed by atoms with Crippen molar-refractivity contribution in [3.8, 4) is 11.5 Å². The number of hydrogen-bond donors (Lipinski definition) is 2. The van der Waals surface area contributed by atoms with Crippen molar-refractivity contribution in [2.24, 2.45) is 5.92 Å². The van der Waals surface area contributed by atoms with E-state index in [9.17, 15) is 4.79 Å². The highest BCUT2D eigenvalue weighted by Gasteiger charge is 2.20. The largest absolute Gasteiger partial charge is 0.493 e. The standard InChI is InChI=1S/C18H29N3O3.2ClH/c1-21(2)9-10-24-16-7-6-14(11-17(16)23-3)12-20-18(22)15-5-4-8-19-13-15;;/h6-7,11,15,19H,4-5,8-10,12-13H2,1-3H3,(H,20,22);2*1H. The maximum atomic E-state index is 12.2. The van der Waals surface area contributed by atoms with Crippen LogP contribution < -0.4 is 20.1 Å². The Hall–Kier alpha value is -1.21. The molecule has 1 fully saturated rings. The number of nitrogens with one attached hydrogen (secondary N) is 2. The minimum absolute atomic E-state index is 0. The van der Waals surface area contributed by atoms with Gasteiger partial charge >= 0.3 is 0 Å². The van der Waals surface area contributed by atoms with Crippen LogP contribution in [0.4, 0.5) is 0 Å². The smallest absolute Gasteiger partial charge is 0.224 e. The highest BCUT2D eigenvalue weighted by molar-refractivity contribution is 5.85. The van der Waals surface area contributed by atoms with Gasteiger partial charge < -0.3 is 25.0 Å². The minimum Gasteiger partial charge on any atom is -0.493 e. The quantitative estimate of drug-likeness (QED) is 0.690. The van der Waals surface area contributed by atoms with Gasteiger partial charge in [0, 0.05) is 19.6 Å². The SMILES string of the molecule is COc1cc(CNC(=O)C2CCCNC2)ccc1OCCN(C)C.Cl.Cl. The van der Waals surface area contributed by atoms with Gasteiger partial charge in [-0.25, -0.2) is 0 Å². The van der Waals surface area contributed by atoms with E-state index < -0.39 is 0 Å². The average molecular weight is 408 g/mol. The van der Waals surface area contributed by atoms with Crippen molar-refractivity contribution in [3.63, 3.8) is 0 Å². The number of benzene rings is 1. The van der Waals surface area contributed by atoms with Crippen molar-refractivity contribution in [1.29, 1.82) is 0 Å². The van der Waals surface area contributed by atoms with Gasteiger partial charge in [-0.3, -0.25) is 4.79 Å². The molecule has 1 unspecified atom stereocenters. The Labute approximate surface area is 168 Å². The molecule has 1 atom stereocenters. The van der Waals surface area contributed by atoms with E-state index in [-0.39, 0.29) is 36.6 Å². The van der Waals surface area contributed by atoms with E-state index in [0.29, 0.717) is 18.9 Å². The Morgan fingerprint density at radius 2 is 2.08 bits per heavy atom. The van der Waals surface area contributed by atoms with Gasteiger partial charge in [-0.05, 0) is 51.2 Å². The first-order valence-corrected chi connectivity index (χ1v) is 8.53. The molecule has 1 saturated heterocycles. The van der Waals surface area contributed by atoms with E-state index >= 15 is 0 Å². The lowest BCUT2D eigenvalue weighted by Gasteiger charge is -2.22. The predicted octanol–water partition coefficient (Wildman–Crippen LogP) is 2.10. The van der Waals surface area contributed by atoms with Gasteiger partial charge in [0.2, 0.25) is 5.91 Å². The van der Waals surface area contributed by atoms with E-state index in [1.165, 1.54) is 0 Å². The fourth-order valence-electron chi connectivity index (χ4n) is 2.69. The normalized spacial score (nSPS) is 16.2. The van der Waals surface area contributed by atoms with Crippen LogP contribution in [0.25, 0.3) is 0 Å². The second-order valence-electron chi connectivity index (χ2n) is 6.40. The van der Waals surface area contributed by atoms with Gasteiger partial charge in [0.25, 0.3) is 0 Å². The number of carbonyl (C=O) groups excluding carboxylic acids is 1. The van der Waals surface area contributed by atoms with Crippen molar-refractivity contribution in [2.45, 2.75) is 19.4 Å². The third-order valence-corrected chi connectivity index (χ3v) is 4.16. The van der Waals surface area contributed by atoms with Crippen molar-refractivity contribution in [1.82, 2.24) is 15.5 Å². The molecule has 0 aromatic heterocycles. The molecule has 0 radical (unpaired) electrons. The number of methoxy groups -OCH3 is 1. The predicted molar refractivity (Wildman–Crippen MR) is 109 cm³/mol. The average Bonchev–Trinajstić information content (AvgIpc) is 2.60. The number of rotatable bonds is 8. The lowest BCUT2D eigenvalue weighted by molar-refractivity contribution is -0.125. The van der Waals surface area contributed by atoms with E-state index in [1.54, 1.807) is 7.11 Å². The van der Waals surface area contributed by atoms with Crippen LogP contribution in [0.5, 0.6) is 11.5 Å². The summed E-state index contributed by atoms with van der Waals surface area (Å²) in [5.74, 6) is 1.62. The van der Waals surface area contributed by atoms with Crippen LogP contribution in [0, 0.1) is 5.92 Å². The molecule has 1 amide bonds. The fraction of sp³-hybridized carbons (Fsp3) is 0.611. The molecule has 0 saturated carbocycles. The number of amides is 1. The zero-order chi connectivity index (χ0) is 17.4. The van der Waals surface area contributed by atoms with Crippen LogP contribution in [0.15, 0.2) is 18.2 Å². The third kappa shape index (κ3) is 7.99. The molecule has 26 heavy (non-hydrogen) atoms. The van der Waals surface area contributed by atoms with Crippen molar-refractivity contribution in [2.75, 3.05) is 47.4 Å². The molecule has 2 rings (SSSR count). The first-order chi connectivity index (χ1) is 11.6. The number of hydrogen-bond acceptors (Lipinski definition) is 5. The second-order valence-corrected chi connectivity index (χ2v) is 6.40. The number of ether oxygens (including phenoxy) is 2. The highest BCUT2D eigenvalue weighted by Crippen LogP contribution is 2.28. The summed E-state index contributed by atoms with van der Waals surface area (Å²) in [5.41, 5.74) is 1.00. The Kier molecular flexibility index (Phi) is 12.4. The molecule has 1 aromatic carbocycles. The Morgan fingerprint density at radius 3 is 2.69 bits per heavy atom. The summed E-state index contributed by atoms with van der Waals surface area (Å²) in [5, 5.41) is 6.28.